The summed E-state index contributed by atoms with van der Waals surface area (Å²) in [5.74, 6) is 0. The minimum absolute atomic E-state index is 0.0985. The molecule has 5 heterocycles. The molecule has 0 spiro atoms. The first-order valence-corrected chi connectivity index (χ1v) is 40.2. The second-order valence-electron chi connectivity index (χ2n) is 28.1. The number of hydrogen-bond donors (Lipinski definition) is 0. The number of rotatable bonds is 30. The Morgan fingerprint density at radius 1 is 0.350 bits per heavy atom. The molecule has 5 aliphatic heterocycles. The zero-order valence-electron chi connectivity index (χ0n) is 120. The standard InChI is InChI=1S/5C21H26ClNO/c5*1-21(17-7-4-3-5-8-17,18-10-12-19(22)13-11-18)24-16-14-20-9-6-15-23(20)2/h5*3-5,7-8,10-13,20H,6,9,14-16H2,1-2H3/t5*20-,21-/m11111/s1/i2D3,3D,4D,5D,6D2,7D,8D,9D2,10D,11D,12D,13D,14D2,15D2,16D2,20D;1D3,6D2,9D2,14D2,15D2,20D;1D3,6D2,9D2,15D2,20D;1D3,14D2;1D3. The summed E-state index contributed by atoms with van der Waals surface area (Å²) in [4.78, 5) is 4.58. The van der Waals surface area contributed by atoms with Crippen molar-refractivity contribution in [2.75, 3.05) is 101 Å². The van der Waals surface area contributed by atoms with Crippen molar-refractivity contribution in [3.63, 3.8) is 0 Å². The maximum absolute atomic E-state index is 8.85. The Kier molecular flexibility index (Phi) is 17.7. The van der Waals surface area contributed by atoms with Crippen LogP contribution in [0.25, 0.3) is 0 Å². The van der Waals surface area contributed by atoms with Gasteiger partial charge in [-0.25, -0.2) is 0 Å². The van der Waals surface area contributed by atoms with E-state index in [9.17, 15) is 0 Å². The molecule has 0 unspecified atom stereocenters. The van der Waals surface area contributed by atoms with Crippen molar-refractivity contribution >= 4 is 58.0 Å². The number of halogens is 5. The van der Waals surface area contributed by atoms with Gasteiger partial charge in [-0.05, 0) is 314 Å². The van der Waals surface area contributed by atoms with Crippen molar-refractivity contribution in [3.05, 3.63) is 354 Å². The monoisotopic (exact) mass is 1770 g/mol. The van der Waals surface area contributed by atoms with Crippen molar-refractivity contribution in [1.29, 1.82) is 0 Å². The quantitative estimate of drug-likeness (QED) is 0.0435. The van der Waals surface area contributed by atoms with Gasteiger partial charge < -0.3 is 48.2 Å². The molecule has 0 bridgehead atoms. The zero-order chi connectivity index (χ0) is 131. The molecular formula is C105H130Cl5N5O5. The SMILES string of the molecule is [2H]C([2H])(CO[C@](c1ccccc1)(c1ccc(Cl)cc1)C([2H])([2H])[2H])[C@H]1CCCN1C.[2H]C([2H])([2H])[C@@](OCC[C@H]1CCCN1C)(c1ccccc1)c1ccc(Cl)cc1.[2H]C1([2H])N(C)[C@@]([2H])(C([2H])([2H])CO[C@](c2ccccc2)(c2ccc(Cl)cc2)C([2H])([2H])[2H])C([2H])([2H])C1([2H])[2H].[2H]C1([2H])N(C)[C@@]([2H])(CCO[C@](c2ccccc2)(c2ccc(Cl)cc2)C([2H])([2H])[2H])C([2H])([2H])C1([2H])[2H].[2H]c1c([2H])c([2H])c([C@@](C)(OC([2H])([2H])C([2H])([2H])[C@]2([2H])N(C([2H])([2H])[2H])C([2H])([2H])C([2H])([2H])C2([2H])[2H])c2c([2H])c([2H])c(Cl)c([2H])c2[2H])c([2H])c1[2H]. The Morgan fingerprint density at radius 3 is 1.07 bits per heavy atom. The van der Waals surface area contributed by atoms with Crippen molar-refractivity contribution in [2.45, 2.75) is 188 Å². The highest BCUT2D eigenvalue weighted by molar-refractivity contribution is 6.31. The van der Waals surface area contributed by atoms with Crippen molar-refractivity contribution < 1.29 is 96.3 Å². The highest BCUT2D eigenvalue weighted by Crippen LogP contribution is 2.41. The Labute approximate surface area is 819 Å². The van der Waals surface area contributed by atoms with E-state index in [1.165, 1.54) is 67.1 Å². The molecule has 5 saturated heterocycles. The smallest absolute Gasteiger partial charge is 0.115 e. The lowest BCUT2D eigenvalue weighted by Gasteiger charge is -2.32. The molecule has 15 heteroatoms. The van der Waals surface area contributed by atoms with E-state index in [4.69, 9.17) is 154 Å². The fourth-order valence-corrected chi connectivity index (χ4v) is 13.8. The van der Waals surface area contributed by atoms with Gasteiger partial charge in [0.05, 0.1) is 15.1 Å². The fraction of sp³-hybridized carbons (Fsp3) is 0.429. The number of nitrogens with zero attached hydrogens (tertiary/aromatic N) is 5. The Hall–Kier alpha value is -6.75. The second-order valence-corrected chi connectivity index (χ2v) is 30.2. The van der Waals surface area contributed by atoms with Crippen LogP contribution in [0.2, 0.25) is 25.1 Å². The highest BCUT2D eigenvalue weighted by atomic mass is 35.5. The lowest BCUT2D eigenvalue weighted by molar-refractivity contribution is -0.0119. The van der Waals surface area contributed by atoms with Crippen LogP contribution in [0, 0.1) is 0 Å². The van der Waals surface area contributed by atoms with Gasteiger partial charge in [0.25, 0.3) is 0 Å². The lowest BCUT2D eigenvalue weighted by Crippen LogP contribution is -2.31. The van der Waals surface area contributed by atoms with Gasteiger partial charge in [-0.2, -0.15) is 0 Å². The van der Waals surface area contributed by atoms with Crippen LogP contribution in [0.4, 0.5) is 0 Å². The number of hydrogen-bond acceptors (Lipinski definition) is 10. The first-order chi connectivity index (χ1) is 78.8. The van der Waals surface area contributed by atoms with Crippen molar-refractivity contribution in [3.8, 4) is 0 Å². The van der Waals surface area contributed by atoms with Crippen molar-refractivity contribution in [2.24, 2.45) is 0 Å². The van der Waals surface area contributed by atoms with Gasteiger partial charge in [0.15, 0.2) is 0 Å². The maximum atomic E-state index is 8.85. The maximum Gasteiger partial charge on any atom is 0.115 e. The van der Waals surface area contributed by atoms with Gasteiger partial charge >= 0.3 is 0 Å². The molecule has 0 amide bonds. The van der Waals surface area contributed by atoms with Crippen LogP contribution in [0.5, 0.6) is 0 Å². The number of likely N-dealkylation sites (tertiary alicyclic amines) is 5. The molecule has 0 radical (unpaired) electrons. The van der Waals surface area contributed by atoms with Gasteiger partial charge in [-0.3, -0.25) is 0 Å². The molecule has 15 rings (SSSR count). The average molecular weight is 1770 g/mol. The van der Waals surface area contributed by atoms with Crippen LogP contribution in [-0.2, 0) is 51.7 Å². The lowest BCUT2D eigenvalue weighted by atomic mass is 9.88. The normalized spacial score (nSPS) is 34.0. The van der Waals surface area contributed by atoms with E-state index >= 15 is 0 Å². The minimum Gasteiger partial charge on any atom is -0.366 e. The van der Waals surface area contributed by atoms with Crippen LogP contribution in [0.15, 0.2) is 273 Å². The first-order valence-electron chi connectivity index (χ1n) is 64.8. The third-order valence-corrected chi connectivity index (χ3v) is 21.3. The molecule has 10 atom stereocenters. The summed E-state index contributed by atoms with van der Waals surface area (Å²) in [5, 5.41) is 0.999. The third kappa shape index (κ3) is 26.0. The van der Waals surface area contributed by atoms with E-state index in [0.717, 1.165) is 52.9 Å². The Balaban J connectivity index is 0.000000204. The number of benzene rings is 10. The van der Waals surface area contributed by atoms with Gasteiger partial charge in [0.2, 0.25) is 0 Å². The molecule has 10 aromatic rings. The molecule has 120 heavy (non-hydrogen) atoms. The van der Waals surface area contributed by atoms with E-state index in [1.54, 1.807) is 121 Å². The van der Waals surface area contributed by atoms with Crippen molar-refractivity contribution in [1.82, 2.24) is 24.5 Å². The zero-order valence-corrected chi connectivity index (χ0v) is 70.4. The van der Waals surface area contributed by atoms with E-state index < -0.39 is 259 Å². The highest BCUT2D eigenvalue weighted by Gasteiger charge is 2.37. The van der Waals surface area contributed by atoms with Gasteiger partial charge in [0, 0.05) is 146 Å². The van der Waals surface area contributed by atoms with Crippen LogP contribution >= 0.6 is 58.0 Å². The molecule has 0 aliphatic carbocycles. The summed E-state index contributed by atoms with van der Waals surface area (Å²) in [6.45, 7) is -27.9. The average Bonchev–Trinajstić information content (AvgIpc) is 1.49. The predicted molar refractivity (Wildman–Crippen MR) is 503 cm³/mol. The number of ether oxygens (including phenoxy) is 5. The molecule has 10 aromatic carbocycles. The summed E-state index contributed by atoms with van der Waals surface area (Å²) in [7, 11) is 6.07. The van der Waals surface area contributed by atoms with Gasteiger partial charge in [0.1, 0.15) is 28.0 Å². The molecule has 0 saturated carbocycles. The van der Waals surface area contributed by atoms with E-state index in [1.807, 2.05) is 48.3 Å². The summed E-state index contributed by atoms with van der Waals surface area (Å²) >= 11 is 30.0. The minimum atomic E-state index is -4.51. The molecular weight excluding hydrogens is 1590 g/mol. The summed E-state index contributed by atoms with van der Waals surface area (Å²) in [6, 6.07) is 39.7. The van der Waals surface area contributed by atoms with Crippen LogP contribution in [0.1, 0.15) is 258 Å². The van der Waals surface area contributed by atoms with Crippen LogP contribution < -0.4 is 0 Å². The van der Waals surface area contributed by atoms with Gasteiger partial charge in [-0.15, -0.1) is 0 Å². The topological polar surface area (TPSA) is 62.4 Å². The molecule has 0 aromatic heterocycles. The molecule has 640 valence electrons. The molecule has 5 aliphatic rings. The van der Waals surface area contributed by atoms with E-state index in [2.05, 4.69) is 11.9 Å². The Bertz CT molecular complexity index is 7110. The van der Waals surface area contributed by atoms with E-state index in [0.29, 0.717) is 77.3 Å². The summed E-state index contributed by atoms with van der Waals surface area (Å²) < 4.78 is 471. The van der Waals surface area contributed by atoms with E-state index in [-0.39, 0.29) is 29.3 Å². The van der Waals surface area contributed by atoms with Gasteiger partial charge in [-0.1, -0.05) is 270 Å². The van der Waals surface area contributed by atoms with Crippen LogP contribution in [0.3, 0.4) is 0 Å². The first kappa shape index (κ1) is 45.9. The van der Waals surface area contributed by atoms with Crippen LogP contribution in [-0.4, -0.2) is 155 Å². The fourth-order valence-electron chi connectivity index (χ4n) is 13.2. The third-order valence-electron chi connectivity index (χ3n) is 20.1. The predicted octanol–water partition coefficient (Wildman–Crippen LogP) is 25.5. The molecule has 5 fully saturated rings. The molecule has 10 nitrogen and oxygen atoms in total. The Morgan fingerprint density at radius 2 is 0.692 bits per heavy atom. The largest absolute Gasteiger partial charge is 0.366 e. The molecule has 0 N–H and O–H groups in total. The second kappa shape index (κ2) is 46.3. The summed E-state index contributed by atoms with van der Waals surface area (Å²) in [6.07, 6.45) is -25.8. The summed E-state index contributed by atoms with van der Waals surface area (Å²) in [5.41, 5.74) is -10.1.